The van der Waals surface area contributed by atoms with Gasteiger partial charge in [0, 0.05) is 18.0 Å². The monoisotopic (exact) mass is 310 g/mol. The van der Waals surface area contributed by atoms with Gasteiger partial charge in [-0.1, -0.05) is 12.1 Å². The van der Waals surface area contributed by atoms with Crippen LogP contribution in [0.1, 0.15) is 15.9 Å². The Morgan fingerprint density at radius 1 is 1.22 bits per heavy atom. The topological polar surface area (TPSA) is 72.9 Å². The van der Waals surface area contributed by atoms with Gasteiger partial charge in [0.25, 0.3) is 5.91 Å². The van der Waals surface area contributed by atoms with Crippen LogP contribution in [0.25, 0.3) is 0 Å². The molecule has 3 N–H and O–H groups in total. The van der Waals surface area contributed by atoms with Crippen LogP contribution >= 0.6 is 0 Å². The molecule has 3 rings (SSSR count). The molecular formula is C17H15FN4O. The van der Waals surface area contributed by atoms with Crippen molar-refractivity contribution >= 4 is 17.3 Å². The molecule has 0 aliphatic rings. The average Bonchev–Trinajstić information content (AvgIpc) is 3.04. The van der Waals surface area contributed by atoms with Crippen molar-refractivity contribution in [3.63, 3.8) is 0 Å². The molecule has 3 aromatic rings. The summed E-state index contributed by atoms with van der Waals surface area (Å²) in [7, 11) is 0. The molecule has 0 fully saturated rings. The van der Waals surface area contributed by atoms with Crippen LogP contribution in [0.2, 0.25) is 0 Å². The maximum Gasteiger partial charge on any atom is 0.255 e. The number of anilines is 2. The van der Waals surface area contributed by atoms with Gasteiger partial charge in [0.15, 0.2) is 0 Å². The smallest absolute Gasteiger partial charge is 0.255 e. The fraction of sp³-hybridized carbons (Fsp3) is 0.0588. The molecule has 116 valence electrons. The Balaban J connectivity index is 1.71. The third-order valence-corrected chi connectivity index (χ3v) is 3.38. The Labute approximate surface area is 132 Å². The van der Waals surface area contributed by atoms with Crippen LogP contribution in [0.4, 0.5) is 15.8 Å². The summed E-state index contributed by atoms with van der Waals surface area (Å²) in [4.78, 5) is 12.2. The van der Waals surface area contributed by atoms with Crippen molar-refractivity contribution in [1.29, 1.82) is 0 Å². The summed E-state index contributed by atoms with van der Waals surface area (Å²) in [6.45, 7) is 0.631. The first-order valence-electron chi connectivity index (χ1n) is 7.04. The minimum Gasteiger partial charge on any atom is -0.397 e. The second-order valence-corrected chi connectivity index (χ2v) is 5.09. The van der Waals surface area contributed by atoms with Gasteiger partial charge in [-0.05, 0) is 42.0 Å². The maximum absolute atomic E-state index is 13.2. The molecule has 2 aromatic carbocycles. The first-order chi connectivity index (χ1) is 11.1. The Kier molecular flexibility index (Phi) is 4.05. The Morgan fingerprint density at radius 3 is 2.70 bits per heavy atom. The summed E-state index contributed by atoms with van der Waals surface area (Å²) in [5, 5.41) is 6.74. The number of aromatic nitrogens is 2. The zero-order valence-electron chi connectivity index (χ0n) is 12.2. The van der Waals surface area contributed by atoms with Crippen molar-refractivity contribution in [3.8, 4) is 0 Å². The maximum atomic E-state index is 13.2. The minimum absolute atomic E-state index is 0.260. The van der Waals surface area contributed by atoms with Crippen LogP contribution < -0.4 is 11.1 Å². The predicted octanol–water partition coefficient (Wildman–Crippen LogP) is 2.91. The van der Waals surface area contributed by atoms with E-state index in [4.69, 9.17) is 5.73 Å². The van der Waals surface area contributed by atoms with E-state index in [9.17, 15) is 9.18 Å². The number of rotatable bonds is 4. The van der Waals surface area contributed by atoms with Gasteiger partial charge in [-0.3, -0.25) is 9.48 Å². The fourth-order valence-electron chi connectivity index (χ4n) is 2.17. The largest absolute Gasteiger partial charge is 0.397 e. The van der Waals surface area contributed by atoms with E-state index in [1.165, 1.54) is 18.2 Å². The van der Waals surface area contributed by atoms with E-state index in [0.29, 0.717) is 17.8 Å². The van der Waals surface area contributed by atoms with Crippen molar-refractivity contribution in [2.45, 2.75) is 6.54 Å². The summed E-state index contributed by atoms with van der Waals surface area (Å²) >= 11 is 0. The molecular weight excluding hydrogens is 295 g/mol. The van der Waals surface area contributed by atoms with E-state index in [-0.39, 0.29) is 11.6 Å². The lowest BCUT2D eigenvalue weighted by Gasteiger charge is -2.09. The molecule has 0 aliphatic heterocycles. The van der Waals surface area contributed by atoms with E-state index >= 15 is 0 Å². The van der Waals surface area contributed by atoms with Gasteiger partial charge in [-0.15, -0.1) is 0 Å². The molecule has 0 radical (unpaired) electrons. The van der Waals surface area contributed by atoms with Gasteiger partial charge < -0.3 is 11.1 Å². The van der Waals surface area contributed by atoms with Crippen LogP contribution in [-0.2, 0) is 6.54 Å². The van der Waals surface area contributed by atoms with Gasteiger partial charge in [0.2, 0.25) is 0 Å². The lowest BCUT2D eigenvalue weighted by atomic mass is 10.1. The molecule has 6 heteroatoms. The van der Waals surface area contributed by atoms with E-state index in [1.54, 1.807) is 23.0 Å². The van der Waals surface area contributed by atoms with E-state index < -0.39 is 5.82 Å². The molecule has 1 heterocycles. The van der Waals surface area contributed by atoms with Gasteiger partial charge in [-0.25, -0.2) is 4.39 Å². The SMILES string of the molecule is Nc1ccc(F)cc1NC(=O)c1ccc(Cn2cccn2)cc1. The number of halogens is 1. The zero-order chi connectivity index (χ0) is 16.2. The standard InChI is InChI=1S/C17H15FN4O/c18-14-6-7-15(19)16(10-14)21-17(23)13-4-2-12(3-5-13)11-22-9-1-8-20-22/h1-10H,11,19H2,(H,21,23). The van der Waals surface area contributed by atoms with Crippen LogP contribution in [0.5, 0.6) is 0 Å². The zero-order valence-corrected chi connectivity index (χ0v) is 12.2. The number of nitrogen functional groups attached to an aromatic ring is 1. The summed E-state index contributed by atoms with van der Waals surface area (Å²) in [5.41, 5.74) is 7.79. The van der Waals surface area contributed by atoms with Gasteiger partial charge in [0.1, 0.15) is 5.82 Å². The number of hydrogen-bond donors (Lipinski definition) is 2. The summed E-state index contributed by atoms with van der Waals surface area (Å²) in [6.07, 6.45) is 3.58. The molecule has 0 bridgehead atoms. The molecule has 23 heavy (non-hydrogen) atoms. The normalized spacial score (nSPS) is 10.5. The molecule has 0 atom stereocenters. The summed E-state index contributed by atoms with van der Waals surface area (Å²) in [6, 6.07) is 12.8. The van der Waals surface area contributed by atoms with Gasteiger partial charge in [-0.2, -0.15) is 5.10 Å². The second-order valence-electron chi connectivity index (χ2n) is 5.09. The molecule has 0 saturated heterocycles. The lowest BCUT2D eigenvalue weighted by Crippen LogP contribution is -2.13. The number of nitrogens with zero attached hydrogens (tertiary/aromatic N) is 2. The predicted molar refractivity (Wildman–Crippen MR) is 86.5 cm³/mol. The molecule has 1 aromatic heterocycles. The van der Waals surface area contributed by atoms with E-state index in [0.717, 1.165) is 5.56 Å². The number of benzene rings is 2. The first kappa shape index (κ1) is 14.8. The van der Waals surface area contributed by atoms with Crippen LogP contribution in [0.3, 0.4) is 0 Å². The molecule has 0 saturated carbocycles. The third kappa shape index (κ3) is 3.55. The average molecular weight is 310 g/mol. The highest BCUT2D eigenvalue weighted by atomic mass is 19.1. The van der Waals surface area contributed by atoms with Crippen LogP contribution in [-0.4, -0.2) is 15.7 Å². The first-order valence-corrected chi connectivity index (χ1v) is 7.04. The van der Waals surface area contributed by atoms with Crippen LogP contribution in [0, 0.1) is 5.82 Å². The highest BCUT2D eigenvalue weighted by Gasteiger charge is 2.09. The minimum atomic E-state index is -0.455. The fourth-order valence-corrected chi connectivity index (χ4v) is 2.17. The molecule has 1 amide bonds. The molecule has 0 spiro atoms. The Morgan fingerprint density at radius 2 is 2.00 bits per heavy atom. The number of carbonyl (C=O) groups excluding carboxylic acids is 1. The van der Waals surface area contributed by atoms with Gasteiger partial charge in [0.05, 0.1) is 17.9 Å². The Hall–Kier alpha value is -3.15. The highest BCUT2D eigenvalue weighted by molar-refractivity contribution is 6.05. The number of carbonyl (C=O) groups is 1. The molecule has 0 unspecified atom stereocenters. The second kappa shape index (κ2) is 6.31. The number of nitrogens with one attached hydrogen (secondary N) is 1. The van der Waals surface area contributed by atoms with Gasteiger partial charge >= 0.3 is 0 Å². The molecule has 5 nitrogen and oxygen atoms in total. The van der Waals surface area contributed by atoms with Crippen molar-refractivity contribution in [3.05, 3.63) is 77.9 Å². The summed E-state index contributed by atoms with van der Waals surface area (Å²) in [5.74, 6) is -0.794. The van der Waals surface area contributed by atoms with Crippen molar-refractivity contribution in [2.75, 3.05) is 11.1 Å². The third-order valence-electron chi connectivity index (χ3n) is 3.38. The molecule has 0 aliphatic carbocycles. The van der Waals surface area contributed by atoms with Crippen molar-refractivity contribution < 1.29 is 9.18 Å². The number of hydrogen-bond acceptors (Lipinski definition) is 3. The lowest BCUT2D eigenvalue weighted by molar-refractivity contribution is 0.102. The van der Waals surface area contributed by atoms with Crippen LogP contribution in [0.15, 0.2) is 60.9 Å². The van der Waals surface area contributed by atoms with Crippen molar-refractivity contribution in [1.82, 2.24) is 9.78 Å². The quantitative estimate of drug-likeness (QED) is 0.728. The highest BCUT2D eigenvalue weighted by Crippen LogP contribution is 2.20. The number of nitrogens with two attached hydrogens (primary N) is 1. The Bertz CT molecular complexity index is 813. The van der Waals surface area contributed by atoms with Crippen molar-refractivity contribution in [2.24, 2.45) is 0 Å². The van der Waals surface area contributed by atoms with E-state index in [2.05, 4.69) is 10.4 Å². The van der Waals surface area contributed by atoms with E-state index in [1.807, 2.05) is 24.4 Å². The number of amides is 1. The summed E-state index contributed by atoms with van der Waals surface area (Å²) < 4.78 is 15.0.